The molecule has 1 aromatic carbocycles. The van der Waals surface area contributed by atoms with Crippen molar-refractivity contribution >= 4 is 27.4 Å². The molecule has 0 radical (unpaired) electrons. The van der Waals surface area contributed by atoms with Crippen LogP contribution in [0.4, 0.5) is 11.5 Å². The first-order chi connectivity index (χ1) is 9.61. The maximum absolute atomic E-state index is 11.0. The normalized spacial score (nSPS) is 10.1. The lowest BCUT2D eigenvalue weighted by Crippen LogP contribution is -2.02. The Morgan fingerprint density at radius 1 is 1.35 bits per heavy atom. The number of halogens is 1. The fourth-order valence-corrected chi connectivity index (χ4v) is 1.92. The number of para-hydroxylation sites is 1. The number of rotatable bonds is 5. The van der Waals surface area contributed by atoms with Gasteiger partial charge in [-0.15, -0.1) is 0 Å². The van der Waals surface area contributed by atoms with Crippen molar-refractivity contribution in [3.8, 4) is 11.6 Å². The zero-order chi connectivity index (χ0) is 14.5. The van der Waals surface area contributed by atoms with Gasteiger partial charge in [0, 0.05) is 12.6 Å². The van der Waals surface area contributed by atoms with Crippen molar-refractivity contribution in [2.75, 3.05) is 11.9 Å². The van der Waals surface area contributed by atoms with Crippen molar-refractivity contribution in [1.82, 2.24) is 4.98 Å². The molecule has 0 spiro atoms. The predicted molar refractivity (Wildman–Crippen MR) is 79.3 cm³/mol. The summed E-state index contributed by atoms with van der Waals surface area (Å²) >= 11 is 3.33. The molecule has 2 rings (SSSR count). The molecule has 0 atom stereocenters. The summed E-state index contributed by atoms with van der Waals surface area (Å²) < 4.78 is 6.25. The van der Waals surface area contributed by atoms with Gasteiger partial charge in [-0.05, 0) is 41.1 Å². The Kier molecular flexibility index (Phi) is 4.52. The standard InChI is InChI=1S/C13H12BrN3O3/c1-2-15-12-8-7-10(17(18)19)13(16-12)20-11-6-4-3-5-9(11)14/h3-8H,2H2,1H3,(H,15,16). The average molecular weight is 338 g/mol. The Bertz CT molecular complexity index is 634. The summed E-state index contributed by atoms with van der Waals surface area (Å²) in [5.74, 6) is 0.956. The van der Waals surface area contributed by atoms with Crippen molar-refractivity contribution in [1.29, 1.82) is 0 Å². The summed E-state index contributed by atoms with van der Waals surface area (Å²) in [5, 5.41) is 14.0. The number of nitrogens with zero attached hydrogens (tertiary/aromatic N) is 2. The van der Waals surface area contributed by atoms with Crippen molar-refractivity contribution in [2.45, 2.75) is 6.92 Å². The second kappa shape index (κ2) is 6.33. The smallest absolute Gasteiger partial charge is 0.331 e. The summed E-state index contributed by atoms with van der Waals surface area (Å²) in [6.45, 7) is 2.58. The number of benzene rings is 1. The Morgan fingerprint density at radius 2 is 2.10 bits per heavy atom. The molecule has 0 saturated carbocycles. The van der Waals surface area contributed by atoms with Crippen LogP contribution in [0, 0.1) is 10.1 Å². The van der Waals surface area contributed by atoms with Crippen LogP contribution in [-0.2, 0) is 0 Å². The molecule has 0 aliphatic heterocycles. The molecule has 0 bridgehead atoms. The summed E-state index contributed by atoms with van der Waals surface area (Å²) in [6.07, 6.45) is 0. The van der Waals surface area contributed by atoms with E-state index in [-0.39, 0.29) is 11.6 Å². The number of anilines is 1. The molecule has 104 valence electrons. The van der Waals surface area contributed by atoms with Crippen LogP contribution < -0.4 is 10.1 Å². The van der Waals surface area contributed by atoms with E-state index in [1.165, 1.54) is 6.07 Å². The lowest BCUT2D eigenvalue weighted by atomic mass is 10.3. The van der Waals surface area contributed by atoms with Gasteiger partial charge in [-0.2, -0.15) is 4.98 Å². The van der Waals surface area contributed by atoms with Gasteiger partial charge in [0.1, 0.15) is 11.6 Å². The maximum atomic E-state index is 11.0. The zero-order valence-electron chi connectivity index (χ0n) is 10.7. The first-order valence-corrected chi connectivity index (χ1v) is 6.72. The van der Waals surface area contributed by atoms with Crippen LogP contribution in [0.15, 0.2) is 40.9 Å². The van der Waals surface area contributed by atoms with E-state index in [9.17, 15) is 10.1 Å². The van der Waals surface area contributed by atoms with Crippen LogP contribution in [0.3, 0.4) is 0 Å². The number of aromatic nitrogens is 1. The zero-order valence-corrected chi connectivity index (χ0v) is 12.3. The predicted octanol–water partition coefficient (Wildman–Crippen LogP) is 3.98. The molecule has 0 unspecified atom stereocenters. The molecule has 0 fully saturated rings. The van der Waals surface area contributed by atoms with Crippen LogP contribution >= 0.6 is 15.9 Å². The van der Waals surface area contributed by atoms with E-state index in [1.54, 1.807) is 24.3 Å². The quantitative estimate of drug-likeness (QED) is 0.659. The van der Waals surface area contributed by atoms with E-state index >= 15 is 0 Å². The second-order valence-electron chi connectivity index (χ2n) is 3.84. The van der Waals surface area contributed by atoms with Gasteiger partial charge >= 0.3 is 11.6 Å². The van der Waals surface area contributed by atoms with Gasteiger partial charge < -0.3 is 10.1 Å². The highest BCUT2D eigenvalue weighted by molar-refractivity contribution is 9.10. The minimum absolute atomic E-state index is 0.0413. The van der Waals surface area contributed by atoms with Crippen LogP contribution in [0.1, 0.15) is 6.92 Å². The monoisotopic (exact) mass is 337 g/mol. The van der Waals surface area contributed by atoms with E-state index in [4.69, 9.17) is 4.74 Å². The second-order valence-corrected chi connectivity index (χ2v) is 4.70. The van der Waals surface area contributed by atoms with Crippen molar-refractivity contribution in [3.63, 3.8) is 0 Å². The third kappa shape index (κ3) is 3.24. The molecular weight excluding hydrogens is 326 g/mol. The third-order valence-corrected chi connectivity index (χ3v) is 3.09. The molecule has 7 heteroatoms. The van der Waals surface area contributed by atoms with E-state index in [0.29, 0.717) is 22.6 Å². The number of hydrogen-bond acceptors (Lipinski definition) is 5. The fraction of sp³-hybridized carbons (Fsp3) is 0.154. The van der Waals surface area contributed by atoms with E-state index in [0.717, 1.165) is 0 Å². The molecule has 1 heterocycles. The lowest BCUT2D eigenvalue weighted by molar-refractivity contribution is -0.386. The van der Waals surface area contributed by atoms with Crippen LogP contribution in [-0.4, -0.2) is 16.5 Å². The number of nitro groups is 1. The van der Waals surface area contributed by atoms with Gasteiger partial charge in [0.15, 0.2) is 0 Å². The summed E-state index contributed by atoms with van der Waals surface area (Å²) in [5.41, 5.74) is -0.178. The highest BCUT2D eigenvalue weighted by Crippen LogP contribution is 2.34. The summed E-state index contributed by atoms with van der Waals surface area (Å²) in [6, 6.07) is 10.0. The average Bonchev–Trinajstić information content (AvgIpc) is 2.42. The van der Waals surface area contributed by atoms with Gasteiger partial charge in [0.05, 0.1) is 9.40 Å². The maximum Gasteiger partial charge on any atom is 0.331 e. The summed E-state index contributed by atoms with van der Waals surface area (Å²) in [7, 11) is 0. The molecule has 0 aliphatic carbocycles. The fourth-order valence-electron chi connectivity index (χ4n) is 1.56. The molecule has 20 heavy (non-hydrogen) atoms. The van der Waals surface area contributed by atoms with Gasteiger partial charge in [-0.3, -0.25) is 10.1 Å². The van der Waals surface area contributed by atoms with Crippen LogP contribution in [0.25, 0.3) is 0 Å². The minimum atomic E-state index is -0.519. The molecule has 0 aliphatic rings. The van der Waals surface area contributed by atoms with E-state index in [2.05, 4.69) is 26.2 Å². The number of ether oxygens (including phenoxy) is 1. The Labute approximate surface area is 124 Å². The summed E-state index contributed by atoms with van der Waals surface area (Å²) in [4.78, 5) is 14.6. The number of pyridine rings is 1. The van der Waals surface area contributed by atoms with Crippen LogP contribution in [0.5, 0.6) is 11.6 Å². The first-order valence-electron chi connectivity index (χ1n) is 5.93. The molecule has 1 aromatic heterocycles. The first kappa shape index (κ1) is 14.3. The molecule has 1 N–H and O–H groups in total. The Balaban J connectivity index is 2.40. The molecule has 0 saturated heterocycles. The van der Waals surface area contributed by atoms with E-state index in [1.807, 2.05) is 13.0 Å². The molecular formula is C13H12BrN3O3. The number of nitrogens with one attached hydrogen (secondary N) is 1. The SMILES string of the molecule is CCNc1ccc([N+](=O)[O-])c(Oc2ccccc2Br)n1. The highest BCUT2D eigenvalue weighted by atomic mass is 79.9. The van der Waals surface area contributed by atoms with Gasteiger partial charge in [0.2, 0.25) is 0 Å². The van der Waals surface area contributed by atoms with Crippen molar-refractivity contribution < 1.29 is 9.66 Å². The van der Waals surface area contributed by atoms with Gasteiger partial charge in [0.25, 0.3) is 0 Å². The largest absolute Gasteiger partial charge is 0.432 e. The minimum Gasteiger partial charge on any atom is -0.432 e. The van der Waals surface area contributed by atoms with E-state index < -0.39 is 4.92 Å². The third-order valence-electron chi connectivity index (χ3n) is 2.44. The number of hydrogen-bond donors (Lipinski definition) is 1. The highest BCUT2D eigenvalue weighted by Gasteiger charge is 2.19. The molecule has 2 aromatic rings. The van der Waals surface area contributed by atoms with Gasteiger partial charge in [-0.25, -0.2) is 0 Å². The molecule has 6 nitrogen and oxygen atoms in total. The molecule has 0 amide bonds. The van der Waals surface area contributed by atoms with Crippen molar-refractivity contribution in [2.24, 2.45) is 0 Å². The van der Waals surface area contributed by atoms with Crippen LogP contribution in [0.2, 0.25) is 0 Å². The Hall–Kier alpha value is -2.15. The van der Waals surface area contributed by atoms with Gasteiger partial charge in [-0.1, -0.05) is 12.1 Å². The topological polar surface area (TPSA) is 77.3 Å². The van der Waals surface area contributed by atoms with Crippen molar-refractivity contribution in [3.05, 3.63) is 51.0 Å². The lowest BCUT2D eigenvalue weighted by Gasteiger charge is -2.09. The Morgan fingerprint density at radius 3 is 2.75 bits per heavy atom.